The van der Waals surface area contributed by atoms with Crippen molar-refractivity contribution in [3.63, 3.8) is 0 Å². The van der Waals surface area contributed by atoms with Gasteiger partial charge in [0, 0.05) is 22.7 Å². The van der Waals surface area contributed by atoms with E-state index in [1.54, 1.807) is 6.20 Å². The Labute approximate surface area is 181 Å². The predicted octanol–water partition coefficient (Wildman–Crippen LogP) is 4.59. The molecule has 2 aromatic heterocycles. The number of aliphatic hydroxyl groups is 1. The van der Waals surface area contributed by atoms with Crippen LogP contribution in [-0.4, -0.2) is 28.1 Å². The van der Waals surface area contributed by atoms with E-state index in [-0.39, 0.29) is 18.1 Å². The molecule has 0 aliphatic carbocycles. The molecule has 31 heavy (non-hydrogen) atoms. The maximum absolute atomic E-state index is 11.8. The number of carbonyl (C=O) groups excluding carboxylic acids is 1. The average Bonchev–Trinajstić information content (AvgIpc) is 2.84. The number of aliphatic hydroxyl groups excluding tert-OH is 1. The highest BCUT2D eigenvalue weighted by atomic mass is 16.5. The van der Waals surface area contributed by atoms with E-state index in [1.165, 1.54) is 7.11 Å². The molecule has 6 nitrogen and oxygen atoms in total. The number of aromatic nitrogens is 2. The zero-order chi connectivity index (χ0) is 22.4. The molecule has 3 N–H and O–H groups in total. The van der Waals surface area contributed by atoms with E-state index >= 15 is 0 Å². The molecule has 0 spiro atoms. The Morgan fingerprint density at radius 2 is 1.71 bits per heavy atom. The van der Waals surface area contributed by atoms with Crippen molar-refractivity contribution in [1.82, 2.24) is 9.97 Å². The largest absolute Gasteiger partial charge is 0.492 e. The molecule has 0 bridgehead atoms. The van der Waals surface area contributed by atoms with Gasteiger partial charge in [-0.15, -0.1) is 0 Å². The second-order valence-corrected chi connectivity index (χ2v) is 6.55. The maximum Gasteiger partial charge on any atom is 0.271 e. The Morgan fingerprint density at radius 3 is 2.29 bits per heavy atom. The molecule has 0 fully saturated rings. The molecular formula is C25H25N3O3. The van der Waals surface area contributed by atoms with Gasteiger partial charge in [-0.2, -0.15) is 0 Å². The number of hydrogen-bond acceptors (Lipinski definition) is 5. The van der Waals surface area contributed by atoms with Crippen LogP contribution in [0.15, 0.2) is 66.9 Å². The first-order valence-corrected chi connectivity index (χ1v) is 10.1. The van der Waals surface area contributed by atoms with Gasteiger partial charge in [0.1, 0.15) is 5.52 Å². The smallest absolute Gasteiger partial charge is 0.271 e. The molecule has 0 saturated heterocycles. The first-order valence-electron chi connectivity index (χ1n) is 10.1. The molecule has 1 amide bonds. The van der Waals surface area contributed by atoms with Gasteiger partial charge < -0.3 is 15.6 Å². The van der Waals surface area contributed by atoms with Crippen LogP contribution in [0.4, 0.5) is 0 Å². The van der Waals surface area contributed by atoms with Crippen molar-refractivity contribution in [2.45, 2.75) is 20.5 Å². The SMILES string of the molecule is CC.COc1c(C(N)=O)ncc2cc(-c3ccccc3)c(-c3ccc(CO)cc3)nc12. The van der Waals surface area contributed by atoms with Gasteiger partial charge in [0.05, 0.1) is 19.4 Å². The number of hydrogen-bond donors (Lipinski definition) is 2. The van der Waals surface area contributed by atoms with Gasteiger partial charge >= 0.3 is 0 Å². The Morgan fingerprint density at radius 1 is 1.03 bits per heavy atom. The number of pyridine rings is 2. The molecule has 6 heteroatoms. The summed E-state index contributed by atoms with van der Waals surface area (Å²) in [5.41, 5.74) is 10.3. The van der Waals surface area contributed by atoms with Crippen molar-refractivity contribution in [2.75, 3.05) is 7.11 Å². The van der Waals surface area contributed by atoms with E-state index in [0.29, 0.717) is 5.52 Å². The molecule has 0 saturated carbocycles. The Balaban J connectivity index is 0.00000132. The van der Waals surface area contributed by atoms with Gasteiger partial charge in [0.25, 0.3) is 5.91 Å². The fourth-order valence-corrected chi connectivity index (χ4v) is 3.31. The van der Waals surface area contributed by atoms with E-state index in [9.17, 15) is 9.90 Å². The van der Waals surface area contributed by atoms with Crippen LogP contribution >= 0.6 is 0 Å². The number of fused-ring (bicyclic) bond motifs is 1. The quantitative estimate of drug-likeness (QED) is 0.497. The van der Waals surface area contributed by atoms with Gasteiger partial charge in [0.15, 0.2) is 11.4 Å². The lowest BCUT2D eigenvalue weighted by Crippen LogP contribution is -2.15. The lowest BCUT2D eigenvalue weighted by atomic mass is 9.97. The van der Waals surface area contributed by atoms with E-state index in [2.05, 4.69) is 4.98 Å². The number of primary amides is 1. The Kier molecular flexibility index (Phi) is 6.95. The molecule has 0 unspecified atom stereocenters. The first kappa shape index (κ1) is 21.9. The highest BCUT2D eigenvalue weighted by molar-refractivity contribution is 6.01. The maximum atomic E-state index is 11.8. The minimum atomic E-state index is -0.675. The Bertz CT molecular complexity index is 1190. The summed E-state index contributed by atoms with van der Waals surface area (Å²) in [5.74, 6) is -0.422. The van der Waals surface area contributed by atoms with Crippen molar-refractivity contribution < 1.29 is 14.6 Å². The zero-order valence-corrected chi connectivity index (χ0v) is 17.8. The number of rotatable bonds is 5. The molecule has 158 valence electrons. The monoisotopic (exact) mass is 415 g/mol. The number of nitrogens with two attached hydrogens (primary N) is 1. The lowest BCUT2D eigenvalue weighted by Gasteiger charge is -2.14. The molecule has 4 rings (SSSR count). The summed E-state index contributed by atoms with van der Waals surface area (Å²) >= 11 is 0. The summed E-state index contributed by atoms with van der Waals surface area (Å²) in [4.78, 5) is 20.8. The third-order valence-corrected chi connectivity index (χ3v) is 4.75. The second-order valence-electron chi connectivity index (χ2n) is 6.55. The molecule has 0 radical (unpaired) electrons. The minimum absolute atomic E-state index is 0.0293. The molecule has 4 aromatic rings. The normalized spacial score (nSPS) is 10.3. The van der Waals surface area contributed by atoms with Crippen molar-refractivity contribution in [2.24, 2.45) is 5.73 Å². The zero-order valence-electron chi connectivity index (χ0n) is 17.8. The topological polar surface area (TPSA) is 98.3 Å². The van der Waals surface area contributed by atoms with Crippen molar-refractivity contribution >= 4 is 16.8 Å². The van der Waals surface area contributed by atoms with Gasteiger partial charge in [-0.25, -0.2) is 9.97 Å². The van der Waals surface area contributed by atoms with Crippen LogP contribution < -0.4 is 10.5 Å². The second kappa shape index (κ2) is 9.82. The van der Waals surface area contributed by atoms with Gasteiger partial charge in [-0.05, 0) is 17.2 Å². The fraction of sp³-hybridized carbons (Fsp3) is 0.160. The van der Waals surface area contributed by atoms with E-state index in [1.807, 2.05) is 74.5 Å². The van der Waals surface area contributed by atoms with Gasteiger partial charge in [-0.3, -0.25) is 4.79 Å². The van der Waals surface area contributed by atoms with Crippen LogP contribution in [0, 0.1) is 0 Å². The molecule has 2 heterocycles. The third kappa shape index (κ3) is 4.39. The predicted molar refractivity (Wildman–Crippen MR) is 123 cm³/mol. The molecule has 0 atom stereocenters. The van der Waals surface area contributed by atoms with Crippen LogP contribution in [-0.2, 0) is 6.61 Å². The first-order chi connectivity index (χ1) is 15.1. The van der Waals surface area contributed by atoms with Crippen LogP contribution in [0.1, 0.15) is 29.9 Å². The number of nitrogens with zero attached hydrogens (tertiary/aromatic N) is 2. The highest BCUT2D eigenvalue weighted by Gasteiger charge is 2.19. The molecular weight excluding hydrogens is 390 g/mol. The summed E-state index contributed by atoms with van der Waals surface area (Å²) in [6.07, 6.45) is 1.58. The number of amides is 1. The van der Waals surface area contributed by atoms with Crippen LogP contribution in [0.3, 0.4) is 0 Å². The van der Waals surface area contributed by atoms with E-state index < -0.39 is 5.91 Å². The van der Waals surface area contributed by atoms with Crippen LogP contribution in [0.2, 0.25) is 0 Å². The molecule has 0 aliphatic rings. The van der Waals surface area contributed by atoms with Crippen molar-refractivity contribution in [3.05, 3.63) is 78.1 Å². The van der Waals surface area contributed by atoms with Crippen LogP contribution in [0.5, 0.6) is 5.75 Å². The average molecular weight is 415 g/mol. The standard InChI is InChI=1S/C23H19N3O3.C2H6/c1-29-22-20-17(12-25-21(22)23(24)28)11-18(15-5-3-2-4-6-15)19(26-20)16-9-7-14(13-27)8-10-16;1-2/h2-12,27H,13H2,1H3,(H2,24,28);1-2H3. The number of benzene rings is 2. The molecule has 0 aliphatic heterocycles. The summed E-state index contributed by atoms with van der Waals surface area (Å²) in [6.45, 7) is 3.97. The van der Waals surface area contributed by atoms with Crippen LogP contribution in [0.25, 0.3) is 33.3 Å². The van der Waals surface area contributed by atoms with E-state index in [0.717, 1.165) is 33.3 Å². The van der Waals surface area contributed by atoms with Gasteiger partial charge in [-0.1, -0.05) is 68.4 Å². The van der Waals surface area contributed by atoms with Crippen molar-refractivity contribution in [3.8, 4) is 28.1 Å². The third-order valence-electron chi connectivity index (χ3n) is 4.75. The Hall–Kier alpha value is -3.77. The summed E-state index contributed by atoms with van der Waals surface area (Å²) in [5, 5.41) is 10.1. The van der Waals surface area contributed by atoms with E-state index in [4.69, 9.17) is 15.5 Å². The summed E-state index contributed by atoms with van der Waals surface area (Å²) < 4.78 is 5.43. The fourth-order valence-electron chi connectivity index (χ4n) is 3.31. The van der Waals surface area contributed by atoms with Gasteiger partial charge in [0.2, 0.25) is 0 Å². The number of carbonyl (C=O) groups is 1. The minimum Gasteiger partial charge on any atom is -0.492 e. The van der Waals surface area contributed by atoms with Crippen molar-refractivity contribution in [1.29, 1.82) is 0 Å². The summed E-state index contributed by atoms with van der Waals surface area (Å²) in [6, 6.07) is 19.4. The summed E-state index contributed by atoms with van der Waals surface area (Å²) in [7, 11) is 1.46. The molecule has 2 aromatic carbocycles. The number of methoxy groups -OCH3 is 1. The number of ether oxygens (including phenoxy) is 1. The lowest BCUT2D eigenvalue weighted by molar-refractivity contribution is 0.0992. The highest BCUT2D eigenvalue weighted by Crippen LogP contribution is 2.36.